The van der Waals surface area contributed by atoms with Crippen LogP contribution in [0.2, 0.25) is 0 Å². The lowest BCUT2D eigenvalue weighted by molar-refractivity contribution is -0.156. The average molecular weight is 383 g/mol. The molecule has 4 rings (SSSR count). The zero-order valence-electron chi connectivity index (χ0n) is 14.6. The first-order valence-electron chi connectivity index (χ1n) is 8.37. The van der Waals surface area contributed by atoms with E-state index in [1.807, 2.05) is 41.8 Å². The molecule has 1 aliphatic heterocycles. The van der Waals surface area contributed by atoms with Crippen molar-refractivity contribution >= 4 is 17.3 Å². The van der Waals surface area contributed by atoms with Crippen molar-refractivity contribution in [2.24, 2.45) is 0 Å². The second kappa shape index (κ2) is 7.67. The van der Waals surface area contributed by atoms with E-state index in [0.717, 1.165) is 16.3 Å². The number of rotatable bonds is 5. The Labute approximate surface area is 160 Å². The number of hydrogen-bond donors (Lipinski definition) is 0. The molecule has 1 aromatic heterocycles. The molecule has 1 atom stereocenters. The summed E-state index contributed by atoms with van der Waals surface area (Å²) in [6, 6.07) is 14.9. The number of ether oxygens (including phenoxy) is 4. The number of esters is 1. The fourth-order valence-corrected chi connectivity index (χ4v) is 3.44. The van der Waals surface area contributed by atoms with Gasteiger partial charge in [-0.15, -0.1) is 11.3 Å². The van der Waals surface area contributed by atoms with Crippen molar-refractivity contribution < 1.29 is 23.7 Å². The standard InChI is InChI=1S/C20H17NO5S/c1-23-15-6-4-5-13(9-15)19-21-14(12-27-19)10-25-20(22)18-11-24-16-7-2-3-8-17(16)26-18/h2-9,12,18H,10-11H2,1H3/t18-/m1/s1. The molecule has 0 saturated carbocycles. The molecule has 27 heavy (non-hydrogen) atoms. The van der Waals surface area contributed by atoms with Gasteiger partial charge in [0, 0.05) is 10.9 Å². The van der Waals surface area contributed by atoms with Crippen LogP contribution in [0.15, 0.2) is 53.9 Å². The lowest BCUT2D eigenvalue weighted by atomic mass is 10.2. The zero-order chi connectivity index (χ0) is 18.6. The number of aromatic nitrogens is 1. The average Bonchev–Trinajstić information content (AvgIpc) is 3.21. The van der Waals surface area contributed by atoms with Gasteiger partial charge >= 0.3 is 5.97 Å². The maximum absolute atomic E-state index is 12.3. The number of para-hydroxylation sites is 2. The molecule has 0 saturated heterocycles. The van der Waals surface area contributed by atoms with Crippen LogP contribution >= 0.6 is 11.3 Å². The Hall–Kier alpha value is -3.06. The van der Waals surface area contributed by atoms with Gasteiger partial charge in [0.1, 0.15) is 24.0 Å². The van der Waals surface area contributed by atoms with Gasteiger partial charge in [-0.3, -0.25) is 0 Å². The summed E-state index contributed by atoms with van der Waals surface area (Å²) in [6.07, 6.45) is -0.781. The molecule has 0 fully saturated rings. The summed E-state index contributed by atoms with van der Waals surface area (Å²) in [7, 11) is 1.63. The molecular formula is C20H17NO5S. The van der Waals surface area contributed by atoms with Gasteiger partial charge in [0.15, 0.2) is 11.5 Å². The third kappa shape index (κ3) is 3.88. The topological polar surface area (TPSA) is 66.9 Å². The van der Waals surface area contributed by atoms with Gasteiger partial charge < -0.3 is 18.9 Å². The molecule has 2 aromatic carbocycles. The van der Waals surface area contributed by atoms with E-state index >= 15 is 0 Å². The highest BCUT2D eigenvalue weighted by Crippen LogP contribution is 2.31. The van der Waals surface area contributed by atoms with Crippen molar-refractivity contribution in [1.29, 1.82) is 0 Å². The molecule has 0 radical (unpaired) electrons. The summed E-state index contributed by atoms with van der Waals surface area (Å²) in [5, 5.41) is 2.71. The first-order valence-corrected chi connectivity index (χ1v) is 9.25. The molecule has 1 aliphatic rings. The fourth-order valence-electron chi connectivity index (χ4n) is 2.64. The SMILES string of the molecule is COc1cccc(-c2nc(COC(=O)[C@H]3COc4ccccc4O3)cs2)c1. The smallest absolute Gasteiger partial charge is 0.351 e. The fraction of sp³-hybridized carbons (Fsp3) is 0.200. The highest BCUT2D eigenvalue weighted by molar-refractivity contribution is 7.13. The Morgan fingerprint density at radius 3 is 2.93 bits per heavy atom. The summed E-state index contributed by atoms with van der Waals surface area (Å²) in [5.41, 5.74) is 1.64. The van der Waals surface area contributed by atoms with Crippen LogP contribution in [-0.2, 0) is 16.1 Å². The number of fused-ring (bicyclic) bond motifs is 1. The van der Waals surface area contributed by atoms with E-state index in [1.54, 1.807) is 19.2 Å². The molecule has 0 N–H and O–H groups in total. The largest absolute Gasteiger partial charge is 0.497 e. The van der Waals surface area contributed by atoms with Crippen LogP contribution in [0.4, 0.5) is 0 Å². The van der Waals surface area contributed by atoms with Crippen molar-refractivity contribution in [2.75, 3.05) is 13.7 Å². The van der Waals surface area contributed by atoms with E-state index in [-0.39, 0.29) is 13.2 Å². The lowest BCUT2D eigenvalue weighted by Crippen LogP contribution is -2.37. The molecule has 0 unspecified atom stereocenters. The molecule has 138 valence electrons. The number of methoxy groups -OCH3 is 1. The molecule has 0 bridgehead atoms. The lowest BCUT2D eigenvalue weighted by Gasteiger charge is -2.24. The number of hydrogen-bond acceptors (Lipinski definition) is 7. The Kier molecular flexibility index (Phi) is 4.93. The predicted molar refractivity (Wildman–Crippen MR) is 100 cm³/mol. The summed E-state index contributed by atoms with van der Waals surface area (Å²) in [4.78, 5) is 16.8. The Morgan fingerprint density at radius 2 is 2.07 bits per heavy atom. The van der Waals surface area contributed by atoms with Crippen LogP contribution in [0.1, 0.15) is 5.69 Å². The Morgan fingerprint density at radius 1 is 1.22 bits per heavy atom. The van der Waals surface area contributed by atoms with Gasteiger partial charge in [-0.2, -0.15) is 0 Å². The Balaban J connectivity index is 1.37. The van der Waals surface area contributed by atoms with Crippen LogP contribution < -0.4 is 14.2 Å². The number of benzene rings is 2. The molecule has 6 nitrogen and oxygen atoms in total. The molecule has 0 spiro atoms. The Bertz CT molecular complexity index is 955. The normalized spacial score (nSPS) is 15.2. The maximum Gasteiger partial charge on any atom is 0.351 e. The van der Waals surface area contributed by atoms with Crippen molar-refractivity contribution in [1.82, 2.24) is 4.98 Å². The molecular weight excluding hydrogens is 366 g/mol. The number of carbonyl (C=O) groups excluding carboxylic acids is 1. The van der Waals surface area contributed by atoms with Crippen molar-refractivity contribution in [2.45, 2.75) is 12.7 Å². The van der Waals surface area contributed by atoms with Gasteiger partial charge in [-0.1, -0.05) is 24.3 Å². The third-order valence-electron chi connectivity index (χ3n) is 4.00. The van der Waals surface area contributed by atoms with Gasteiger partial charge in [0.2, 0.25) is 6.10 Å². The van der Waals surface area contributed by atoms with Crippen LogP contribution in [0.25, 0.3) is 10.6 Å². The van der Waals surface area contributed by atoms with Gasteiger partial charge in [-0.25, -0.2) is 9.78 Å². The second-order valence-electron chi connectivity index (χ2n) is 5.85. The van der Waals surface area contributed by atoms with E-state index in [2.05, 4.69) is 4.98 Å². The highest BCUT2D eigenvalue weighted by Gasteiger charge is 2.28. The molecule has 2 heterocycles. The first kappa shape index (κ1) is 17.4. The van der Waals surface area contributed by atoms with Crippen LogP contribution in [0.3, 0.4) is 0 Å². The van der Waals surface area contributed by atoms with Crippen LogP contribution in [0.5, 0.6) is 17.2 Å². The van der Waals surface area contributed by atoms with Gasteiger partial charge in [-0.05, 0) is 24.3 Å². The maximum atomic E-state index is 12.3. The summed E-state index contributed by atoms with van der Waals surface area (Å²) >= 11 is 1.49. The molecule has 0 amide bonds. The summed E-state index contributed by atoms with van der Waals surface area (Å²) in [6.45, 7) is 0.211. The number of carbonyl (C=O) groups is 1. The second-order valence-corrected chi connectivity index (χ2v) is 6.71. The van der Waals surface area contributed by atoms with E-state index in [0.29, 0.717) is 17.2 Å². The van der Waals surface area contributed by atoms with Crippen LogP contribution in [-0.4, -0.2) is 30.8 Å². The van der Waals surface area contributed by atoms with E-state index in [4.69, 9.17) is 18.9 Å². The highest BCUT2D eigenvalue weighted by atomic mass is 32.1. The van der Waals surface area contributed by atoms with E-state index in [1.165, 1.54) is 11.3 Å². The minimum atomic E-state index is -0.781. The first-order chi connectivity index (χ1) is 13.2. The summed E-state index contributed by atoms with van der Waals surface area (Å²) < 4.78 is 21.8. The predicted octanol–water partition coefficient (Wildman–Crippen LogP) is 3.70. The van der Waals surface area contributed by atoms with Crippen molar-refractivity contribution in [3.63, 3.8) is 0 Å². The molecule has 0 aliphatic carbocycles. The van der Waals surface area contributed by atoms with Crippen LogP contribution in [0, 0.1) is 0 Å². The number of nitrogens with zero attached hydrogens (tertiary/aromatic N) is 1. The van der Waals surface area contributed by atoms with E-state index < -0.39 is 12.1 Å². The van der Waals surface area contributed by atoms with Gasteiger partial charge in [0.05, 0.1) is 12.8 Å². The number of thiazole rings is 1. The molecule has 7 heteroatoms. The monoisotopic (exact) mass is 383 g/mol. The van der Waals surface area contributed by atoms with Crippen molar-refractivity contribution in [3.8, 4) is 27.8 Å². The molecule has 3 aromatic rings. The van der Waals surface area contributed by atoms with Crippen molar-refractivity contribution in [3.05, 3.63) is 59.6 Å². The minimum Gasteiger partial charge on any atom is -0.497 e. The van der Waals surface area contributed by atoms with Gasteiger partial charge in [0.25, 0.3) is 0 Å². The summed E-state index contributed by atoms with van der Waals surface area (Å²) in [5.74, 6) is 1.47. The minimum absolute atomic E-state index is 0.0841. The zero-order valence-corrected chi connectivity index (χ0v) is 15.4. The quantitative estimate of drug-likeness (QED) is 0.626. The van der Waals surface area contributed by atoms with E-state index in [9.17, 15) is 4.79 Å². The third-order valence-corrected chi connectivity index (χ3v) is 4.94.